The van der Waals surface area contributed by atoms with Gasteiger partial charge in [0.05, 0.1) is 11.8 Å². The Morgan fingerprint density at radius 1 is 1.16 bits per heavy atom. The summed E-state index contributed by atoms with van der Waals surface area (Å²) in [5, 5.41) is 3.40. The van der Waals surface area contributed by atoms with Gasteiger partial charge in [-0.3, -0.25) is 0 Å². The fourth-order valence-electron chi connectivity index (χ4n) is 3.08. The molecule has 0 radical (unpaired) electrons. The van der Waals surface area contributed by atoms with Crippen molar-refractivity contribution in [3.8, 4) is 5.75 Å². The van der Waals surface area contributed by atoms with E-state index >= 15 is 0 Å². The Labute approximate surface area is 150 Å². The molecule has 0 aliphatic carbocycles. The van der Waals surface area contributed by atoms with Crippen LogP contribution >= 0.6 is 0 Å². The van der Waals surface area contributed by atoms with E-state index in [4.69, 9.17) is 4.74 Å². The summed E-state index contributed by atoms with van der Waals surface area (Å²) >= 11 is 0. The summed E-state index contributed by atoms with van der Waals surface area (Å²) in [5.74, 6) is 4.23. The van der Waals surface area contributed by atoms with Gasteiger partial charge in [-0.25, -0.2) is 9.97 Å². The molecule has 1 aromatic heterocycles. The first-order chi connectivity index (χ1) is 12.0. The zero-order valence-corrected chi connectivity index (χ0v) is 15.6. The fraction of sp³-hybridized carbons (Fsp3) is 0.500. The molecule has 1 aliphatic rings. The summed E-state index contributed by atoms with van der Waals surface area (Å²) in [6, 6.07) is 10.0. The number of hydrogen-bond acceptors (Lipinski definition) is 5. The third-order valence-corrected chi connectivity index (χ3v) is 4.44. The van der Waals surface area contributed by atoms with Gasteiger partial charge in [-0.05, 0) is 51.7 Å². The monoisotopic (exact) mass is 340 g/mol. The molecule has 0 saturated carbocycles. The Morgan fingerprint density at radius 3 is 2.60 bits per heavy atom. The summed E-state index contributed by atoms with van der Waals surface area (Å²) in [6.07, 6.45) is 2.56. The van der Waals surface area contributed by atoms with Crippen molar-refractivity contribution in [2.45, 2.75) is 46.6 Å². The van der Waals surface area contributed by atoms with Gasteiger partial charge in [-0.15, -0.1) is 0 Å². The van der Waals surface area contributed by atoms with E-state index in [0.717, 1.165) is 47.9 Å². The molecular formula is C20H28N4O. The maximum Gasteiger partial charge on any atom is 0.143 e. The Morgan fingerprint density at radius 2 is 1.88 bits per heavy atom. The summed E-state index contributed by atoms with van der Waals surface area (Å²) in [6.45, 7) is 10.4. The summed E-state index contributed by atoms with van der Waals surface area (Å²) in [7, 11) is 0. The van der Waals surface area contributed by atoms with Crippen LogP contribution in [-0.2, 0) is 0 Å². The molecule has 2 heterocycles. The van der Waals surface area contributed by atoms with E-state index < -0.39 is 0 Å². The Bertz CT molecular complexity index is 709. The lowest BCUT2D eigenvalue weighted by molar-refractivity contribution is 0.244. The van der Waals surface area contributed by atoms with E-state index in [9.17, 15) is 0 Å². The highest BCUT2D eigenvalue weighted by Crippen LogP contribution is 2.29. The quantitative estimate of drug-likeness (QED) is 0.865. The second-order valence-electron chi connectivity index (χ2n) is 7.12. The largest absolute Gasteiger partial charge is 0.489 e. The van der Waals surface area contributed by atoms with Crippen molar-refractivity contribution in [1.82, 2.24) is 9.97 Å². The summed E-state index contributed by atoms with van der Waals surface area (Å²) in [4.78, 5) is 11.6. The maximum atomic E-state index is 5.89. The van der Waals surface area contributed by atoms with Gasteiger partial charge in [-0.1, -0.05) is 19.1 Å². The third kappa shape index (κ3) is 4.62. The molecule has 0 amide bonds. The number of nitrogens with one attached hydrogen (secondary N) is 1. The van der Waals surface area contributed by atoms with Gasteiger partial charge in [-0.2, -0.15) is 0 Å². The molecule has 1 N–H and O–H groups in total. The molecule has 0 spiro atoms. The van der Waals surface area contributed by atoms with E-state index in [1.165, 1.54) is 12.8 Å². The van der Waals surface area contributed by atoms with Crippen LogP contribution < -0.4 is 15.0 Å². The van der Waals surface area contributed by atoms with Gasteiger partial charge in [0.15, 0.2) is 0 Å². The van der Waals surface area contributed by atoms with Crippen molar-refractivity contribution < 1.29 is 4.74 Å². The average Bonchev–Trinajstić information content (AvgIpc) is 2.56. The molecular weight excluding hydrogens is 312 g/mol. The molecule has 0 atom stereocenters. The molecule has 1 saturated heterocycles. The molecule has 3 rings (SSSR count). The Kier molecular flexibility index (Phi) is 5.41. The zero-order chi connectivity index (χ0) is 17.8. The SMILES string of the molecule is Cc1nc(Nc2ccccc2OC(C)C)cc(N2CCC(C)CC2)n1. The minimum Gasteiger partial charge on any atom is -0.489 e. The lowest BCUT2D eigenvalue weighted by Gasteiger charge is -2.31. The highest BCUT2D eigenvalue weighted by molar-refractivity contribution is 5.65. The molecule has 5 nitrogen and oxygen atoms in total. The smallest absolute Gasteiger partial charge is 0.143 e. The van der Waals surface area contributed by atoms with E-state index in [0.29, 0.717) is 0 Å². The first-order valence-electron chi connectivity index (χ1n) is 9.14. The van der Waals surface area contributed by atoms with Gasteiger partial charge in [0, 0.05) is 19.2 Å². The predicted molar refractivity (Wildman–Crippen MR) is 103 cm³/mol. The first-order valence-corrected chi connectivity index (χ1v) is 9.14. The number of nitrogens with zero attached hydrogens (tertiary/aromatic N) is 3. The van der Waals surface area contributed by atoms with Gasteiger partial charge in [0.25, 0.3) is 0 Å². The molecule has 0 bridgehead atoms. The Balaban J connectivity index is 1.82. The molecule has 25 heavy (non-hydrogen) atoms. The topological polar surface area (TPSA) is 50.3 Å². The highest BCUT2D eigenvalue weighted by atomic mass is 16.5. The van der Waals surface area contributed by atoms with Crippen molar-refractivity contribution in [2.24, 2.45) is 5.92 Å². The van der Waals surface area contributed by atoms with Crippen LogP contribution in [-0.4, -0.2) is 29.2 Å². The number of anilines is 3. The number of benzene rings is 1. The number of para-hydroxylation sites is 2. The number of aryl methyl sites for hydroxylation is 1. The number of piperidine rings is 1. The van der Waals surface area contributed by atoms with Gasteiger partial charge in [0.1, 0.15) is 23.2 Å². The molecule has 1 aliphatic heterocycles. The molecule has 1 fully saturated rings. The molecule has 134 valence electrons. The normalized spacial score (nSPS) is 15.5. The van der Waals surface area contributed by atoms with Gasteiger partial charge < -0.3 is 15.0 Å². The summed E-state index contributed by atoms with van der Waals surface area (Å²) < 4.78 is 5.89. The standard InChI is InChI=1S/C20H28N4O/c1-14(2)25-18-8-6-5-7-17(18)23-19-13-20(22-16(4)21-19)24-11-9-15(3)10-12-24/h5-8,13-15H,9-12H2,1-4H3,(H,21,22,23). The van der Waals surface area contributed by atoms with Crippen LogP contribution in [0.15, 0.2) is 30.3 Å². The summed E-state index contributed by atoms with van der Waals surface area (Å²) in [5.41, 5.74) is 0.924. The number of ether oxygens (including phenoxy) is 1. The van der Waals surface area contributed by atoms with E-state index in [1.54, 1.807) is 0 Å². The zero-order valence-electron chi connectivity index (χ0n) is 15.6. The second kappa shape index (κ2) is 7.72. The average molecular weight is 340 g/mol. The predicted octanol–water partition coefficient (Wildman–Crippen LogP) is 4.55. The molecule has 0 unspecified atom stereocenters. The minimum absolute atomic E-state index is 0.126. The molecule has 1 aromatic carbocycles. The molecule has 2 aromatic rings. The van der Waals surface area contributed by atoms with E-state index in [-0.39, 0.29) is 6.10 Å². The van der Waals surface area contributed by atoms with Crippen molar-refractivity contribution in [3.05, 3.63) is 36.2 Å². The number of rotatable bonds is 5. The third-order valence-electron chi connectivity index (χ3n) is 4.44. The van der Waals surface area contributed by atoms with Gasteiger partial charge >= 0.3 is 0 Å². The van der Waals surface area contributed by atoms with Crippen LogP contribution in [0.1, 0.15) is 39.4 Å². The van der Waals surface area contributed by atoms with Crippen LogP contribution in [0.4, 0.5) is 17.3 Å². The minimum atomic E-state index is 0.126. The van der Waals surface area contributed by atoms with E-state index in [2.05, 4.69) is 27.1 Å². The van der Waals surface area contributed by atoms with Crippen molar-refractivity contribution in [2.75, 3.05) is 23.3 Å². The highest BCUT2D eigenvalue weighted by Gasteiger charge is 2.18. The second-order valence-corrected chi connectivity index (χ2v) is 7.12. The lowest BCUT2D eigenvalue weighted by Crippen LogP contribution is -2.33. The van der Waals surface area contributed by atoms with Crippen molar-refractivity contribution in [3.63, 3.8) is 0 Å². The van der Waals surface area contributed by atoms with Crippen LogP contribution in [0.3, 0.4) is 0 Å². The van der Waals surface area contributed by atoms with Crippen LogP contribution in [0.5, 0.6) is 5.75 Å². The number of hydrogen-bond donors (Lipinski definition) is 1. The Hall–Kier alpha value is -2.30. The number of aromatic nitrogens is 2. The first kappa shape index (κ1) is 17.5. The van der Waals surface area contributed by atoms with Crippen LogP contribution in [0.25, 0.3) is 0 Å². The van der Waals surface area contributed by atoms with Crippen molar-refractivity contribution in [1.29, 1.82) is 0 Å². The fourth-order valence-corrected chi connectivity index (χ4v) is 3.08. The molecule has 5 heteroatoms. The van der Waals surface area contributed by atoms with E-state index in [1.807, 2.05) is 51.1 Å². The van der Waals surface area contributed by atoms with Crippen LogP contribution in [0, 0.1) is 12.8 Å². The van der Waals surface area contributed by atoms with Gasteiger partial charge in [0.2, 0.25) is 0 Å². The van der Waals surface area contributed by atoms with Crippen molar-refractivity contribution >= 4 is 17.3 Å². The maximum absolute atomic E-state index is 5.89. The lowest BCUT2D eigenvalue weighted by atomic mass is 9.99. The van der Waals surface area contributed by atoms with Crippen LogP contribution in [0.2, 0.25) is 0 Å².